The number of halogens is 1. The fourth-order valence-corrected chi connectivity index (χ4v) is 6.08. The summed E-state index contributed by atoms with van der Waals surface area (Å²) in [5, 5.41) is 0.687. The predicted octanol–water partition coefficient (Wildman–Crippen LogP) is 3.71. The number of hydrogen-bond donors (Lipinski definition) is 0. The van der Waals surface area contributed by atoms with Crippen LogP contribution in [0.3, 0.4) is 0 Å². The first-order chi connectivity index (χ1) is 17.9. The quantitative estimate of drug-likeness (QED) is 0.383. The molecule has 190 valence electrons. The maximum absolute atomic E-state index is 15.0. The van der Waals surface area contributed by atoms with Crippen LogP contribution < -0.4 is 9.64 Å². The second-order valence-electron chi connectivity index (χ2n) is 8.72. The van der Waals surface area contributed by atoms with E-state index in [0.717, 1.165) is 11.8 Å². The number of para-hydroxylation sites is 1. The average Bonchev–Trinajstić information content (AvgIpc) is 2.93. The summed E-state index contributed by atoms with van der Waals surface area (Å²) >= 11 is 0. The van der Waals surface area contributed by atoms with Gasteiger partial charge in [0.1, 0.15) is 5.82 Å². The van der Waals surface area contributed by atoms with Gasteiger partial charge in [-0.05, 0) is 30.3 Å². The molecule has 1 aliphatic heterocycles. The number of carbonyl (C=O) groups is 1. The van der Waals surface area contributed by atoms with Crippen LogP contribution in [-0.4, -0.2) is 62.5 Å². The van der Waals surface area contributed by atoms with Crippen molar-refractivity contribution in [3.63, 3.8) is 0 Å². The highest BCUT2D eigenvalue weighted by atomic mass is 32.2. The lowest BCUT2D eigenvalue weighted by Crippen LogP contribution is -2.48. The third-order valence-electron chi connectivity index (χ3n) is 6.47. The van der Waals surface area contributed by atoms with Gasteiger partial charge in [-0.3, -0.25) is 14.8 Å². The molecule has 0 saturated carbocycles. The highest BCUT2D eigenvalue weighted by Crippen LogP contribution is 2.28. The normalized spacial score (nSPS) is 14.1. The van der Waals surface area contributed by atoms with Gasteiger partial charge in [0.05, 0.1) is 35.2 Å². The molecule has 0 bridgehead atoms. The van der Waals surface area contributed by atoms with E-state index in [9.17, 15) is 13.2 Å². The van der Waals surface area contributed by atoms with Gasteiger partial charge in [0.2, 0.25) is 0 Å². The first-order valence-electron chi connectivity index (χ1n) is 11.7. The van der Waals surface area contributed by atoms with Crippen molar-refractivity contribution in [1.82, 2.24) is 14.9 Å². The number of anilines is 1. The number of sulfone groups is 1. The van der Waals surface area contributed by atoms with Crippen LogP contribution in [0.2, 0.25) is 0 Å². The molecule has 4 aromatic rings. The van der Waals surface area contributed by atoms with E-state index in [0.29, 0.717) is 42.8 Å². The molecule has 1 fully saturated rings. The van der Waals surface area contributed by atoms with Crippen LogP contribution in [0.5, 0.6) is 5.75 Å². The van der Waals surface area contributed by atoms with Crippen LogP contribution in [0.1, 0.15) is 15.9 Å². The number of rotatable bonds is 6. The van der Waals surface area contributed by atoms with Gasteiger partial charge in [-0.15, -0.1) is 0 Å². The van der Waals surface area contributed by atoms with Gasteiger partial charge < -0.3 is 14.5 Å². The van der Waals surface area contributed by atoms with E-state index in [-0.39, 0.29) is 21.9 Å². The van der Waals surface area contributed by atoms with Crippen LogP contribution in [0.4, 0.5) is 10.1 Å². The molecule has 0 radical (unpaired) electrons. The van der Waals surface area contributed by atoms with E-state index in [1.54, 1.807) is 48.7 Å². The Kier molecular flexibility index (Phi) is 6.75. The first kappa shape index (κ1) is 24.6. The summed E-state index contributed by atoms with van der Waals surface area (Å²) in [6.45, 7) is 2.08. The maximum Gasteiger partial charge on any atom is 0.254 e. The molecular weight excluding hydrogens is 495 g/mol. The number of aromatic nitrogens is 2. The molecule has 8 nitrogen and oxygen atoms in total. The Balaban J connectivity index is 1.29. The molecule has 5 rings (SSSR count). The molecule has 0 unspecified atom stereocenters. The fraction of sp³-hybridized carbons (Fsp3) is 0.222. The van der Waals surface area contributed by atoms with E-state index >= 15 is 4.39 Å². The number of benzene rings is 2. The molecule has 2 aromatic heterocycles. The van der Waals surface area contributed by atoms with E-state index in [1.807, 2.05) is 6.07 Å². The van der Waals surface area contributed by atoms with E-state index in [2.05, 4.69) is 14.9 Å². The minimum atomic E-state index is -3.87. The molecule has 1 aliphatic rings. The van der Waals surface area contributed by atoms with Crippen LogP contribution in [0.25, 0.3) is 10.9 Å². The second kappa shape index (κ2) is 10.1. The second-order valence-corrected chi connectivity index (χ2v) is 10.7. The number of ether oxygens (including phenoxy) is 1. The van der Waals surface area contributed by atoms with Crippen molar-refractivity contribution in [3.05, 3.63) is 90.1 Å². The van der Waals surface area contributed by atoms with Crippen molar-refractivity contribution in [2.75, 3.05) is 38.2 Å². The number of fused-ring (bicyclic) bond motifs is 1. The van der Waals surface area contributed by atoms with Crippen molar-refractivity contribution in [1.29, 1.82) is 0 Å². The largest absolute Gasteiger partial charge is 0.493 e. The predicted molar refractivity (Wildman–Crippen MR) is 138 cm³/mol. The molecule has 0 spiro atoms. The van der Waals surface area contributed by atoms with Crippen molar-refractivity contribution >= 4 is 32.3 Å². The lowest BCUT2D eigenvalue weighted by molar-refractivity contribution is 0.0746. The van der Waals surface area contributed by atoms with Gasteiger partial charge in [-0.2, -0.15) is 0 Å². The van der Waals surface area contributed by atoms with Gasteiger partial charge in [-0.1, -0.05) is 24.3 Å². The lowest BCUT2D eigenvalue weighted by Gasteiger charge is -2.36. The molecule has 0 atom stereocenters. The monoisotopic (exact) mass is 520 g/mol. The summed E-state index contributed by atoms with van der Waals surface area (Å²) in [5.74, 6) is -0.903. The van der Waals surface area contributed by atoms with Crippen LogP contribution in [0.15, 0.2) is 78.1 Å². The third-order valence-corrected chi connectivity index (χ3v) is 8.16. The number of methoxy groups -OCH3 is 1. The molecule has 3 heterocycles. The van der Waals surface area contributed by atoms with E-state index < -0.39 is 21.4 Å². The summed E-state index contributed by atoms with van der Waals surface area (Å²) in [5.41, 5.74) is 1.43. The maximum atomic E-state index is 15.0. The molecule has 0 N–H and O–H groups in total. The summed E-state index contributed by atoms with van der Waals surface area (Å²) in [7, 11) is -2.29. The van der Waals surface area contributed by atoms with E-state index in [1.165, 1.54) is 24.4 Å². The zero-order valence-corrected chi connectivity index (χ0v) is 21.0. The van der Waals surface area contributed by atoms with Crippen LogP contribution >= 0.6 is 0 Å². The fourth-order valence-electron chi connectivity index (χ4n) is 4.53. The van der Waals surface area contributed by atoms with Crippen molar-refractivity contribution in [2.45, 2.75) is 10.6 Å². The zero-order valence-electron chi connectivity index (χ0n) is 20.2. The smallest absolute Gasteiger partial charge is 0.254 e. The Morgan fingerprint density at radius 2 is 1.81 bits per heavy atom. The summed E-state index contributed by atoms with van der Waals surface area (Å²) < 4.78 is 46.7. The average molecular weight is 521 g/mol. The number of hydrogen-bond acceptors (Lipinski definition) is 7. The first-order valence-corrected chi connectivity index (χ1v) is 13.4. The highest BCUT2D eigenvalue weighted by molar-refractivity contribution is 7.90. The van der Waals surface area contributed by atoms with Gasteiger partial charge in [0, 0.05) is 55.1 Å². The molecule has 1 saturated heterocycles. The van der Waals surface area contributed by atoms with Crippen LogP contribution in [-0.2, 0) is 15.6 Å². The molecular formula is C27H25FN4O4S. The number of nitrogens with zero attached hydrogens (tertiary/aromatic N) is 4. The molecule has 0 aliphatic carbocycles. The van der Waals surface area contributed by atoms with Crippen molar-refractivity contribution < 1.29 is 22.3 Å². The number of amides is 1. The molecule has 37 heavy (non-hydrogen) atoms. The lowest BCUT2D eigenvalue weighted by atomic mass is 10.1. The molecule has 1 amide bonds. The van der Waals surface area contributed by atoms with Gasteiger partial charge >= 0.3 is 0 Å². The molecule has 10 heteroatoms. The summed E-state index contributed by atoms with van der Waals surface area (Å²) in [4.78, 5) is 25.2. The Labute approximate surface area is 214 Å². The Bertz CT molecular complexity index is 1560. The van der Waals surface area contributed by atoms with E-state index in [4.69, 9.17) is 4.74 Å². The Morgan fingerprint density at radius 3 is 2.57 bits per heavy atom. The SMILES string of the molecule is COc1cnccc1N1CCN(C(=O)c2ccc(CS(=O)(=O)c3cccc4cccnc34)c(F)c2)CC1. The third kappa shape index (κ3) is 4.97. The Morgan fingerprint density at radius 1 is 1.03 bits per heavy atom. The van der Waals surface area contributed by atoms with Crippen molar-refractivity contribution in [3.8, 4) is 5.75 Å². The standard InChI is InChI=1S/C27H25FN4O4S/c1-36-24-17-29-11-9-23(24)31-12-14-32(15-13-31)27(33)20-7-8-21(22(28)16-20)18-37(34,35)25-6-2-4-19-5-3-10-30-26(19)25/h2-11,16-17H,12-15,18H2,1H3. The number of carbonyl (C=O) groups excluding carboxylic acids is 1. The summed E-state index contributed by atoms with van der Waals surface area (Å²) in [6.07, 6.45) is 4.86. The Hall–Kier alpha value is -4.05. The number of piperazine rings is 1. The molecule has 2 aromatic carbocycles. The highest BCUT2D eigenvalue weighted by Gasteiger charge is 2.26. The van der Waals surface area contributed by atoms with Gasteiger partial charge in [0.25, 0.3) is 5.91 Å². The topological polar surface area (TPSA) is 92.7 Å². The van der Waals surface area contributed by atoms with Gasteiger partial charge in [-0.25, -0.2) is 12.8 Å². The van der Waals surface area contributed by atoms with Gasteiger partial charge in [0.15, 0.2) is 15.6 Å². The zero-order chi connectivity index (χ0) is 26.0. The summed E-state index contributed by atoms with van der Waals surface area (Å²) in [6, 6.07) is 14.2. The minimum absolute atomic E-state index is 0.000847. The minimum Gasteiger partial charge on any atom is -0.493 e. The van der Waals surface area contributed by atoms with Crippen molar-refractivity contribution in [2.24, 2.45) is 0 Å². The number of pyridine rings is 2. The van der Waals surface area contributed by atoms with Crippen LogP contribution in [0, 0.1) is 5.82 Å².